The van der Waals surface area contributed by atoms with Gasteiger partial charge in [-0.1, -0.05) is 33.8 Å². The molecule has 0 aromatic carbocycles. The summed E-state index contributed by atoms with van der Waals surface area (Å²) in [5.41, 5.74) is -2.19. The van der Waals surface area contributed by atoms with E-state index in [1.807, 2.05) is 20.8 Å². The molecule has 0 aromatic heterocycles. The molecule has 0 spiro atoms. The molecule has 38 heavy (non-hydrogen) atoms. The van der Waals surface area contributed by atoms with Gasteiger partial charge >= 0.3 is 17.9 Å². The molecule has 1 aliphatic heterocycles. The van der Waals surface area contributed by atoms with Gasteiger partial charge in [0.25, 0.3) is 0 Å². The Morgan fingerprint density at radius 2 is 1.66 bits per heavy atom. The molecular formula is C29H40O9. The van der Waals surface area contributed by atoms with Crippen molar-refractivity contribution in [3.05, 3.63) is 23.3 Å². The number of fused-ring (bicyclic) bond motifs is 1. The molecule has 1 saturated heterocycles. The zero-order chi connectivity index (χ0) is 28.5. The van der Waals surface area contributed by atoms with Crippen molar-refractivity contribution in [1.29, 1.82) is 0 Å². The number of ether oxygens (including phenoxy) is 4. The lowest BCUT2D eigenvalue weighted by Crippen LogP contribution is -2.43. The van der Waals surface area contributed by atoms with E-state index in [1.54, 1.807) is 39.8 Å². The maximum absolute atomic E-state index is 14.2. The van der Waals surface area contributed by atoms with Gasteiger partial charge in [-0.3, -0.25) is 14.4 Å². The molecule has 1 N–H and O–H groups in total. The van der Waals surface area contributed by atoms with Crippen LogP contribution in [-0.4, -0.2) is 64.4 Å². The van der Waals surface area contributed by atoms with Crippen LogP contribution in [0.2, 0.25) is 0 Å². The first kappa shape index (κ1) is 28.5. The number of Topliss-reactive ketones (excluding diaryl/α,β-unsaturated/α-hetero) is 1. The number of ketones is 1. The fourth-order valence-electron chi connectivity index (χ4n) is 7.25. The number of rotatable bonds is 4. The molecule has 0 radical (unpaired) electrons. The number of hydrogen-bond acceptors (Lipinski definition) is 9. The molecule has 0 aromatic rings. The van der Waals surface area contributed by atoms with Crippen LogP contribution in [0.15, 0.2) is 23.3 Å². The van der Waals surface area contributed by atoms with Crippen LogP contribution < -0.4 is 0 Å². The van der Waals surface area contributed by atoms with Crippen LogP contribution in [-0.2, 0) is 38.1 Å². The highest BCUT2D eigenvalue weighted by atomic mass is 16.7. The molecule has 210 valence electrons. The molecule has 0 bridgehead atoms. The van der Waals surface area contributed by atoms with Crippen molar-refractivity contribution < 1.29 is 43.2 Å². The highest BCUT2D eigenvalue weighted by Gasteiger charge is 2.84. The number of aliphatic hydroxyl groups excluding tert-OH is 1. The van der Waals surface area contributed by atoms with E-state index in [2.05, 4.69) is 0 Å². The fourth-order valence-corrected chi connectivity index (χ4v) is 7.25. The Morgan fingerprint density at radius 3 is 2.21 bits per heavy atom. The van der Waals surface area contributed by atoms with Crippen molar-refractivity contribution in [2.45, 2.75) is 104 Å². The Balaban J connectivity index is 1.89. The molecule has 4 aliphatic rings. The number of aliphatic hydroxyl groups is 1. The lowest BCUT2D eigenvalue weighted by Gasteiger charge is -2.28. The molecule has 10 atom stereocenters. The van der Waals surface area contributed by atoms with Gasteiger partial charge in [-0.15, -0.1) is 0 Å². The lowest BCUT2D eigenvalue weighted by molar-refractivity contribution is -0.154. The summed E-state index contributed by atoms with van der Waals surface area (Å²) >= 11 is 0. The average molecular weight is 533 g/mol. The number of esters is 3. The minimum absolute atomic E-state index is 0.204. The van der Waals surface area contributed by atoms with Gasteiger partial charge in [-0.25, -0.2) is 4.79 Å². The first-order chi connectivity index (χ1) is 17.6. The SMILES string of the molecule is C/C=C(\C)C(=O)O[C@@H]1/C(C)=C/[C@@]23O[C@@]2(C[C@H](C)[C@@H]3OC(C)=O)C(=O)[C@@H](C)[C@H](OC(C)=O)[C@@H]2[C@H]([C@H]1O)C2(C)C. The van der Waals surface area contributed by atoms with Crippen LogP contribution in [0.3, 0.4) is 0 Å². The quantitative estimate of drug-likeness (QED) is 0.191. The molecule has 3 aliphatic carbocycles. The van der Waals surface area contributed by atoms with Crippen LogP contribution >= 0.6 is 0 Å². The highest BCUT2D eigenvalue weighted by Crippen LogP contribution is 2.68. The average Bonchev–Trinajstić information content (AvgIpc) is 3.62. The summed E-state index contributed by atoms with van der Waals surface area (Å²) in [5, 5.41) is 11.7. The van der Waals surface area contributed by atoms with Gasteiger partial charge < -0.3 is 24.1 Å². The molecule has 0 unspecified atom stereocenters. The van der Waals surface area contributed by atoms with Gasteiger partial charge in [0.1, 0.15) is 18.3 Å². The molecule has 9 heteroatoms. The Bertz CT molecular complexity index is 1120. The molecule has 3 fully saturated rings. The largest absolute Gasteiger partial charge is 0.461 e. The summed E-state index contributed by atoms with van der Waals surface area (Å²) < 4.78 is 23.6. The summed E-state index contributed by atoms with van der Waals surface area (Å²) in [7, 11) is 0. The van der Waals surface area contributed by atoms with E-state index >= 15 is 0 Å². The van der Waals surface area contributed by atoms with Gasteiger partial charge in [0, 0.05) is 31.3 Å². The van der Waals surface area contributed by atoms with Gasteiger partial charge in [0.05, 0.1) is 12.0 Å². The van der Waals surface area contributed by atoms with Crippen LogP contribution in [0.1, 0.15) is 68.7 Å². The second kappa shape index (κ2) is 9.30. The van der Waals surface area contributed by atoms with Crippen molar-refractivity contribution in [3.8, 4) is 0 Å². The van der Waals surface area contributed by atoms with Gasteiger partial charge in [-0.2, -0.15) is 0 Å². The number of allylic oxidation sites excluding steroid dienone is 1. The zero-order valence-corrected chi connectivity index (χ0v) is 23.7. The highest BCUT2D eigenvalue weighted by molar-refractivity contribution is 5.96. The van der Waals surface area contributed by atoms with Gasteiger partial charge in [0.15, 0.2) is 17.0 Å². The van der Waals surface area contributed by atoms with Crippen molar-refractivity contribution in [2.24, 2.45) is 29.1 Å². The molecule has 9 nitrogen and oxygen atoms in total. The van der Waals surface area contributed by atoms with Crippen molar-refractivity contribution in [2.75, 3.05) is 0 Å². The van der Waals surface area contributed by atoms with Crippen LogP contribution in [0.25, 0.3) is 0 Å². The van der Waals surface area contributed by atoms with E-state index in [-0.39, 0.29) is 17.6 Å². The summed E-state index contributed by atoms with van der Waals surface area (Å²) in [4.78, 5) is 51.3. The van der Waals surface area contributed by atoms with E-state index in [0.29, 0.717) is 17.6 Å². The van der Waals surface area contributed by atoms with Crippen LogP contribution in [0.4, 0.5) is 0 Å². The standard InChI is InChI=1S/C29H40O9/c1-10-13(2)26(34)37-22-14(3)11-29-25(36-18(7)31)15(4)12-28(29,38-29)24(33)16(5)23(35-17(6)30)20-19(21(22)32)27(20,8)9/h10-11,15-16,19-23,25,32H,12H2,1-9H3/b13-10+,14-11+/t15-,16-,19+,20-,21+,22+,23-,25-,28-,29-/m0/s1. The molecular weight excluding hydrogens is 492 g/mol. The van der Waals surface area contributed by atoms with Gasteiger partial charge in [0.2, 0.25) is 0 Å². The van der Waals surface area contributed by atoms with Crippen LogP contribution in [0, 0.1) is 29.1 Å². The monoisotopic (exact) mass is 532 g/mol. The fraction of sp³-hybridized carbons (Fsp3) is 0.724. The van der Waals surface area contributed by atoms with Crippen LogP contribution in [0.5, 0.6) is 0 Å². The summed E-state index contributed by atoms with van der Waals surface area (Å²) in [6.45, 7) is 15.2. The number of epoxide rings is 1. The predicted molar refractivity (Wildman–Crippen MR) is 135 cm³/mol. The first-order valence-corrected chi connectivity index (χ1v) is 13.4. The lowest BCUT2D eigenvalue weighted by atomic mass is 9.80. The second-order valence-electron chi connectivity index (χ2n) is 12.2. The van der Waals surface area contributed by atoms with Crippen molar-refractivity contribution >= 4 is 23.7 Å². The minimum Gasteiger partial charge on any atom is -0.461 e. The normalized spacial score (nSPS) is 44.7. The van der Waals surface area contributed by atoms with Crippen molar-refractivity contribution in [3.63, 3.8) is 0 Å². The maximum atomic E-state index is 14.2. The van der Waals surface area contributed by atoms with E-state index in [0.717, 1.165) is 0 Å². The van der Waals surface area contributed by atoms with E-state index in [9.17, 15) is 24.3 Å². The molecule has 4 rings (SSSR count). The maximum Gasteiger partial charge on any atom is 0.334 e. The summed E-state index contributed by atoms with van der Waals surface area (Å²) in [5.74, 6) is -3.56. The predicted octanol–water partition coefficient (Wildman–Crippen LogP) is 3.07. The van der Waals surface area contributed by atoms with E-state index < -0.39 is 70.8 Å². The van der Waals surface area contributed by atoms with E-state index in [1.165, 1.54) is 13.8 Å². The molecule has 0 amide bonds. The topological polar surface area (TPSA) is 129 Å². The zero-order valence-electron chi connectivity index (χ0n) is 23.7. The number of carbonyl (C=O) groups is 4. The second-order valence-corrected chi connectivity index (χ2v) is 12.2. The Kier molecular flexibility index (Phi) is 6.97. The number of carbonyl (C=O) groups excluding carboxylic acids is 4. The Labute approximate surface area is 223 Å². The third kappa shape index (κ3) is 4.13. The van der Waals surface area contributed by atoms with Crippen molar-refractivity contribution in [1.82, 2.24) is 0 Å². The summed E-state index contributed by atoms with van der Waals surface area (Å²) in [6.07, 6.45) is -0.128. The molecule has 1 heterocycles. The Morgan fingerprint density at radius 1 is 1.05 bits per heavy atom. The summed E-state index contributed by atoms with van der Waals surface area (Å²) in [6, 6.07) is 0. The third-order valence-electron chi connectivity index (χ3n) is 9.29. The minimum atomic E-state index is -1.29. The van der Waals surface area contributed by atoms with E-state index in [4.69, 9.17) is 18.9 Å². The third-order valence-corrected chi connectivity index (χ3v) is 9.29. The first-order valence-electron chi connectivity index (χ1n) is 13.4. The smallest absolute Gasteiger partial charge is 0.334 e. The Hall–Kier alpha value is -2.52. The number of hydrogen-bond donors (Lipinski definition) is 1. The van der Waals surface area contributed by atoms with Gasteiger partial charge in [-0.05, 0) is 50.2 Å². The molecule has 2 saturated carbocycles.